The van der Waals surface area contributed by atoms with E-state index < -0.39 is 0 Å². The van der Waals surface area contributed by atoms with E-state index in [9.17, 15) is 9.18 Å². The summed E-state index contributed by atoms with van der Waals surface area (Å²) in [5, 5.41) is 2.92. The number of pyridine rings is 1. The molecule has 0 radical (unpaired) electrons. The van der Waals surface area contributed by atoms with Gasteiger partial charge in [0.2, 0.25) is 0 Å². The van der Waals surface area contributed by atoms with Gasteiger partial charge in [-0.3, -0.25) is 0 Å². The standard InChI is InChI=1S/C21H24FN5O/c1-2-11-27-19(25-18-4-3-10-23-20(18)27)16-9-12-26(14-16)21(28)24-13-15-5-7-17(22)8-6-15/h3-8,10,16H,2,9,11-14H2,1H3,(H,24,28). The minimum Gasteiger partial charge on any atom is -0.334 e. The molecule has 2 amide bonds. The molecule has 1 aliphatic heterocycles. The molecule has 1 aliphatic rings. The molecule has 1 unspecified atom stereocenters. The van der Waals surface area contributed by atoms with Gasteiger partial charge >= 0.3 is 6.03 Å². The smallest absolute Gasteiger partial charge is 0.317 e. The Morgan fingerprint density at radius 1 is 1.29 bits per heavy atom. The van der Waals surface area contributed by atoms with Crippen LogP contribution in [-0.2, 0) is 13.1 Å². The van der Waals surface area contributed by atoms with Crippen LogP contribution in [0.1, 0.15) is 37.1 Å². The zero-order valence-corrected chi connectivity index (χ0v) is 15.9. The van der Waals surface area contributed by atoms with Crippen LogP contribution in [0, 0.1) is 5.82 Å². The second kappa shape index (κ2) is 7.96. The van der Waals surface area contributed by atoms with Gasteiger partial charge in [0.15, 0.2) is 5.65 Å². The van der Waals surface area contributed by atoms with E-state index in [1.165, 1.54) is 12.1 Å². The second-order valence-electron chi connectivity index (χ2n) is 7.18. The van der Waals surface area contributed by atoms with Crippen molar-refractivity contribution in [2.45, 2.75) is 38.8 Å². The molecule has 28 heavy (non-hydrogen) atoms. The van der Waals surface area contributed by atoms with E-state index in [4.69, 9.17) is 4.98 Å². The van der Waals surface area contributed by atoms with E-state index in [1.807, 2.05) is 17.0 Å². The Kier molecular flexibility index (Phi) is 5.23. The van der Waals surface area contributed by atoms with Gasteiger partial charge in [0, 0.05) is 38.3 Å². The topological polar surface area (TPSA) is 63.1 Å². The highest BCUT2D eigenvalue weighted by Crippen LogP contribution is 2.29. The molecule has 0 bridgehead atoms. The van der Waals surface area contributed by atoms with Gasteiger partial charge in [-0.05, 0) is 42.7 Å². The highest BCUT2D eigenvalue weighted by Gasteiger charge is 2.31. The quantitative estimate of drug-likeness (QED) is 0.733. The van der Waals surface area contributed by atoms with Crippen molar-refractivity contribution < 1.29 is 9.18 Å². The Labute approximate surface area is 163 Å². The van der Waals surface area contributed by atoms with Crippen LogP contribution >= 0.6 is 0 Å². The molecule has 1 fully saturated rings. The number of urea groups is 1. The number of likely N-dealkylation sites (tertiary alicyclic amines) is 1. The molecule has 1 N–H and O–H groups in total. The van der Waals surface area contributed by atoms with Crippen LogP contribution in [0.5, 0.6) is 0 Å². The number of amides is 2. The number of benzene rings is 1. The second-order valence-corrected chi connectivity index (χ2v) is 7.18. The Morgan fingerprint density at radius 2 is 2.11 bits per heavy atom. The number of hydrogen-bond donors (Lipinski definition) is 1. The van der Waals surface area contributed by atoms with Gasteiger partial charge in [0.25, 0.3) is 0 Å². The van der Waals surface area contributed by atoms with E-state index >= 15 is 0 Å². The predicted molar refractivity (Wildman–Crippen MR) is 105 cm³/mol. The Hall–Kier alpha value is -2.96. The fraction of sp³-hybridized carbons (Fsp3) is 0.381. The normalized spacial score (nSPS) is 16.6. The molecule has 1 aromatic carbocycles. The number of aryl methyl sites for hydroxylation is 1. The van der Waals surface area contributed by atoms with Crippen molar-refractivity contribution in [2.24, 2.45) is 0 Å². The summed E-state index contributed by atoms with van der Waals surface area (Å²) in [6, 6.07) is 9.96. The average molecular weight is 381 g/mol. The monoisotopic (exact) mass is 381 g/mol. The molecule has 1 atom stereocenters. The van der Waals surface area contributed by atoms with Gasteiger partial charge in [-0.25, -0.2) is 19.2 Å². The van der Waals surface area contributed by atoms with Crippen LogP contribution < -0.4 is 5.32 Å². The van der Waals surface area contributed by atoms with Crippen molar-refractivity contribution in [2.75, 3.05) is 13.1 Å². The van der Waals surface area contributed by atoms with Gasteiger partial charge in [0.1, 0.15) is 17.2 Å². The van der Waals surface area contributed by atoms with Crippen LogP contribution in [0.3, 0.4) is 0 Å². The Morgan fingerprint density at radius 3 is 2.89 bits per heavy atom. The maximum Gasteiger partial charge on any atom is 0.317 e. The zero-order valence-electron chi connectivity index (χ0n) is 15.9. The number of imidazole rings is 1. The molecule has 0 spiro atoms. The fourth-order valence-corrected chi connectivity index (χ4v) is 3.78. The zero-order chi connectivity index (χ0) is 19.5. The molecule has 0 aliphatic carbocycles. The molecule has 7 heteroatoms. The summed E-state index contributed by atoms with van der Waals surface area (Å²) in [4.78, 5) is 23.7. The number of nitrogens with zero attached hydrogens (tertiary/aromatic N) is 4. The summed E-state index contributed by atoms with van der Waals surface area (Å²) in [5.74, 6) is 0.948. The van der Waals surface area contributed by atoms with E-state index in [-0.39, 0.29) is 17.8 Å². The average Bonchev–Trinajstić information content (AvgIpc) is 3.33. The van der Waals surface area contributed by atoms with Crippen molar-refractivity contribution in [1.29, 1.82) is 0 Å². The van der Waals surface area contributed by atoms with Gasteiger partial charge in [0.05, 0.1) is 0 Å². The summed E-state index contributed by atoms with van der Waals surface area (Å²) >= 11 is 0. The lowest BCUT2D eigenvalue weighted by Gasteiger charge is -2.18. The van der Waals surface area contributed by atoms with Gasteiger partial charge in [-0.15, -0.1) is 0 Å². The Balaban J connectivity index is 1.43. The molecular formula is C21H24FN5O. The number of hydrogen-bond acceptors (Lipinski definition) is 3. The summed E-state index contributed by atoms with van der Waals surface area (Å²) in [7, 11) is 0. The number of carbonyl (C=O) groups excluding carboxylic acids is 1. The van der Waals surface area contributed by atoms with Crippen LogP contribution in [0.25, 0.3) is 11.2 Å². The van der Waals surface area contributed by atoms with Crippen LogP contribution in [0.4, 0.5) is 9.18 Å². The van der Waals surface area contributed by atoms with Crippen molar-refractivity contribution in [3.05, 3.63) is 59.8 Å². The number of rotatable bonds is 5. The predicted octanol–water partition coefficient (Wildman–Crippen LogP) is 3.68. The maximum absolute atomic E-state index is 13.0. The van der Waals surface area contributed by atoms with Crippen LogP contribution in [-0.4, -0.2) is 38.6 Å². The highest BCUT2D eigenvalue weighted by molar-refractivity contribution is 5.75. The lowest BCUT2D eigenvalue weighted by atomic mass is 10.1. The first-order chi connectivity index (χ1) is 13.7. The summed E-state index contributed by atoms with van der Waals surface area (Å²) in [6.45, 7) is 4.74. The maximum atomic E-state index is 13.0. The number of aromatic nitrogens is 3. The Bertz CT molecular complexity index is 969. The third-order valence-corrected chi connectivity index (χ3v) is 5.18. The lowest BCUT2D eigenvalue weighted by molar-refractivity contribution is 0.207. The first-order valence-electron chi connectivity index (χ1n) is 9.74. The number of nitrogens with one attached hydrogen (secondary N) is 1. The first kappa shape index (κ1) is 18.4. The molecular weight excluding hydrogens is 357 g/mol. The third kappa shape index (κ3) is 3.69. The molecule has 2 aromatic heterocycles. The lowest BCUT2D eigenvalue weighted by Crippen LogP contribution is -2.38. The van der Waals surface area contributed by atoms with E-state index in [2.05, 4.69) is 21.8 Å². The molecule has 6 nitrogen and oxygen atoms in total. The SMILES string of the molecule is CCCn1c(C2CCN(C(=O)NCc3ccc(F)cc3)C2)nc2cccnc21. The van der Waals surface area contributed by atoms with Crippen molar-refractivity contribution in [1.82, 2.24) is 24.8 Å². The minimum atomic E-state index is -0.276. The van der Waals surface area contributed by atoms with Gasteiger partial charge in [-0.1, -0.05) is 19.1 Å². The number of carbonyl (C=O) groups is 1. The van der Waals surface area contributed by atoms with Crippen molar-refractivity contribution >= 4 is 17.2 Å². The number of halogens is 1. The third-order valence-electron chi connectivity index (χ3n) is 5.18. The minimum absolute atomic E-state index is 0.0943. The molecule has 3 heterocycles. The largest absolute Gasteiger partial charge is 0.334 e. The van der Waals surface area contributed by atoms with Crippen molar-refractivity contribution in [3.8, 4) is 0 Å². The van der Waals surface area contributed by atoms with Gasteiger partial charge in [-0.2, -0.15) is 0 Å². The summed E-state index contributed by atoms with van der Waals surface area (Å²) in [6.07, 6.45) is 3.68. The molecule has 1 saturated heterocycles. The molecule has 146 valence electrons. The van der Waals surface area contributed by atoms with E-state index in [0.29, 0.717) is 19.6 Å². The van der Waals surface area contributed by atoms with Crippen LogP contribution in [0.2, 0.25) is 0 Å². The molecule has 3 aromatic rings. The van der Waals surface area contributed by atoms with Crippen LogP contribution in [0.15, 0.2) is 42.6 Å². The number of fused-ring (bicyclic) bond motifs is 1. The summed E-state index contributed by atoms with van der Waals surface area (Å²) in [5.41, 5.74) is 2.70. The molecule has 0 saturated carbocycles. The summed E-state index contributed by atoms with van der Waals surface area (Å²) < 4.78 is 15.2. The van der Waals surface area contributed by atoms with E-state index in [0.717, 1.165) is 41.9 Å². The first-order valence-corrected chi connectivity index (χ1v) is 9.74. The van der Waals surface area contributed by atoms with E-state index in [1.54, 1.807) is 18.3 Å². The van der Waals surface area contributed by atoms with Gasteiger partial charge < -0.3 is 14.8 Å². The highest BCUT2D eigenvalue weighted by atomic mass is 19.1. The molecule has 4 rings (SSSR count). The van der Waals surface area contributed by atoms with Crippen molar-refractivity contribution in [3.63, 3.8) is 0 Å². The fourth-order valence-electron chi connectivity index (χ4n) is 3.78.